The molecular formula is C14H20O3. The lowest BCUT2D eigenvalue weighted by Crippen LogP contribution is -2.17. The lowest BCUT2D eigenvalue weighted by atomic mass is 9.87. The van der Waals surface area contributed by atoms with E-state index in [4.69, 9.17) is 9.47 Å². The van der Waals surface area contributed by atoms with E-state index in [0.717, 1.165) is 5.75 Å². The molecule has 0 aliphatic heterocycles. The third-order valence-electron chi connectivity index (χ3n) is 2.41. The zero-order valence-corrected chi connectivity index (χ0v) is 10.9. The summed E-state index contributed by atoms with van der Waals surface area (Å²) < 4.78 is 10.2. The van der Waals surface area contributed by atoms with Crippen LogP contribution in [0, 0.1) is 0 Å². The van der Waals surface area contributed by atoms with Crippen molar-refractivity contribution in [1.29, 1.82) is 0 Å². The molecule has 3 heteroatoms. The van der Waals surface area contributed by atoms with Crippen LogP contribution in [0.1, 0.15) is 26.3 Å². The van der Waals surface area contributed by atoms with Gasteiger partial charge in [0.1, 0.15) is 19.0 Å². The van der Waals surface area contributed by atoms with Gasteiger partial charge in [-0.2, -0.15) is 0 Å². The van der Waals surface area contributed by atoms with Crippen molar-refractivity contribution in [2.24, 2.45) is 0 Å². The van der Waals surface area contributed by atoms with Crippen LogP contribution in [0.25, 0.3) is 0 Å². The standard InChI is InChI=1S/C14H20O3/c1-14(2,3)11-6-5-7-13(8-11)17-10-12(15)9-16-4/h5-8H,9-10H2,1-4H3. The van der Waals surface area contributed by atoms with Gasteiger partial charge in [0.15, 0.2) is 5.78 Å². The zero-order valence-electron chi connectivity index (χ0n) is 10.9. The largest absolute Gasteiger partial charge is 0.486 e. The van der Waals surface area contributed by atoms with Crippen molar-refractivity contribution in [2.45, 2.75) is 26.2 Å². The fourth-order valence-corrected chi connectivity index (χ4v) is 1.42. The Labute approximate surface area is 103 Å². The summed E-state index contributed by atoms with van der Waals surface area (Å²) in [6.07, 6.45) is 0. The number of carbonyl (C=O) groups is 1. The molecule has 0 radical (unpaired) electrons. The molecule has 0 bridgehead atoms. The van der Waals surface area contributed by atoms with Crippen LogP contribution in [0.2, 0.25) is 0 Å². The second kappa shape index (κ2) is 5.82. The lowest BCUT2D eigenvalue weighted by Gasteiger charge is -2.19. The van der Waals surface area contributed by atoms with Crippen LogP contribution >= 0.6 is 0 Å². The van der Waals surface area contributed by atoms with Crippen LogP contribution in [-0.2, 0) is 14.9 Å². The lowest BCUT2D eigenvalue weighted by molar-refractivity contribution is -0.124. The number of carbonyl (C=O) groups excluding carboxylic acids is 1. The van der Waals surface area contributed by atoms with E-state index in [2.05, 4.69) is 26.8 Å². The topological polar surface area (TPSA) is 35.5 Å². The summed E-state index contributed by atoms with van der Waals surface area (Å²) in [6.45, 7) is 6.58. The van der Waals surface area contributed by atoms with E-state index in [0.29, 0.717) is 0 Å². The average Bonchev–Trinajstić information content (AvgIpc) is 2.26. The molecule has 0 amide bonds. The van der Waals surface area contributed by atoms with Crippen LogP contribution < -0.4 is 4.74 Å². The van der Waals surface area contributed by atoms with Crippen LogP contribution in [0.3, 0.4) is 0 Å². The van der Waals surface area contributed by atoms with Gasteiger partial charge in [0, 0.05) is 7.11 Å². The Kier molecular flexibility index (Phi) is 4.70. The molecule has 0 aliphatic rings. The normalized spacial score (nSPS) is 11.3. The molecule has 3 nitrogen and oxygen atoms in total. The average molecular weight is 236 g/mol. The molecule has 0 aliphatic carbocycles. The van der Waals surface area contributed by atoms with Crippen molar-refractivity contribution in [3.8, 4) is 5.75 Å². The van der Waals surface area contributed by atoms with E-state index in [-0.39, 0.29) is 24.4 Å². The molecule has 0 saturated carbocycles. The maximum atomic E-state index is 11.2. The summed E-state index contributed by atoms with van der Waals surface area (Å²) in [4.78, 5) is 11.2. The number of Topliss-reactive ketones (excluding diaryl/α,β-unsaturated/α-hetero) is 1. The highest BCUT2D eigenvalue weighted by Crippen LogP contribution is 2.25. The first-order chi connectivity index (χ1) is 7.93. The third kappa shape index (κ3) is 4.57. The third-order valence-corrected chi connectivity index (χ3v) is 2.41. The number of hydrogen-bond donors (Lipinski definition) is 0. The molecule has 1 rings (SSSR count). The minimum Gasteiger partial charge on any atom is -0.486 e. The summed E-state index contributed by atoms with van der Waals surface area (Å²) in [5.41, 5.74) is 1.27. The fourth-order valence-electron chi connectivity index (χ4n) is 1.42. The summed E-state index contributed by atoms with van der Waals surface area (Å²) in [7, 11) is 1.50. The van der Waals surface area contributed by atoms with Crippen molar-refractivity contribution < 1.29 is 14.3 Å². The number of hydrogen-bond acceptors (Lipinski definition) is 3. The first-order valence-corrected chi connectivity index (χ1v) is 5.67. The Balaban J connectivity index is 2.64. The molecule has 1 aromatic rings. The van der Waals surface area contributed by atoms with Gasteiger partial charge in [0.05, 0.1) is 0 Å². The van der Waals surface area contributed by atoms with Crippen molar-refractivity contribution in [3.63, 3.8) is 0 Å². The van der Waals surface area contributed by atoms with Crippen molar-refractivity contribution in [1.82, 2.24) is 0 Å². The first-order valence-electron chi connectivity index (χ1n) is 5.67. The minimum atomic E-state index is -0.0614. The van der Waals surface area contributed by atoms with E-state index < -0.39 is 0 Å². The molecule has 0 fully saturated rings. The molecule has 0 atom stereocenters. The van der Waals surface area contributed by atoms with Crippen molar-refractivity contribution >= 4 is 5.78 Å². The smallest absolute Gasteiger partial charge is 0.195 e. The van der Waals surface area contributed by atoms with E-state index in [1.807, 2.05) is 18.2 Å². The molecule has 94 valence electrons. The number of ether oxygens (including phenoxy) is 2. The van der Waals surface area contributed by atoms with Gasteiger partial charge >= 0.3 is 0 Å². The summed E-state index contributed by atoms with van der Waals surface area (Å²) in [6, 6.07) is 7.83. The molecule has 0 N–H and O–H groups in total. The fraction of sp³-hybridized carbons (Fsp3) is 0.500. The summed E-state index contributed by atoms with van der Waals surface area (Å²) in [5, 5.41) is 0. The zero-order chi connectivity index (χ0) is 12.9. The molecule has 1 aromatic carbocycles. The SMILES string of the molecule is COCC(=O)COc1cccc(C(C)(C)C)c1. The van der Waals surface area contributed by atoms with Gasteiger partial charge in [-0.1, -0.05) is 32.9 Å². The summed E-state index contributed by atoms with van der Waals surface area (Å²) >= 11 is 0. The first kappa shape index (κ1) is 13.7. The number of rotatable bonds is 5. The molecule has 0 aromatic heterocycles. The molecule has 0 spiro atoms. The van der Waals surface area contributed by atoms with Gasteiger partial charge in [0.25, 0.3) is 0 Å². The maximum absolute atomic E-state index is 11.2. The Hall–Kier alpha value is -1.35. The second-order valence-electron chi connectivity index (χ2n) is 5.04. The highest BCUT2D eigenvalue weighted by Gasteiger charge is 2.14. The van der Waals surface area contributed by atoms with Crippen LogP contribution in [0.5, 0.6) is 5.75 Å². The van der Waals surface area contributed by atoms with Crippen molar-refractivity contribution in [2.75, 3.05) is 20.3 Å². The number of benzene rings is 1. The molecule has 0 saturated heterocycles. The second-order valence-corrected chi connectivity index (χ2v) is 5.04. The van der Waals surface area contributed by atoms with Crippen molar-refractivity contribution in [3.05, 3.63) is 29.8 Å². The molecular weight excluding hydrogens is 216 g/mol. The van der Waals surface area contributed by atoms with Gasteiger partial charge in [-0.25, -0.2) is 0 Å². The predicted molar refractivity (Wildman–Crippen MR) is 67.5 cm³/mol. The van der Waals surface area contributed by atoms with Gasteiger partial charge < -0.3 is 9.47 Å². The quantitative estimate of drug-likeness (QED) is 0.788. The van der Waals surface area contributed by atoms with Crippen LogP contribution in [0.4, 0.5) is 0 Å². The Morgan fingerprint density at radius 3 is 2.53 bits per heavy atom. The monoisotopic (exact) mass is 236 g/mol. The minimum absolute atomic E-state index is 0.0570. The number of ketones is 1. The van der Waals surface area contributed by atoms with Crippen LogP contribution in [0.15, 0.2) is 24.3 Å². The van der Waals surface area contributed by atoms with Gasteiger partial charge in [-0.15, -0.1) is 0 Å². The van der Waals surface area contributed by atoms with E-state index >= 15 is 0 Å². The Morgan fingerprint density at radius 1 is 1.24 bits per heavy atom. The predicted octanol–water partition coefficient (Wildman–Crippen LogP) is 2.58. The van der Waals surface area contributed by atoms with E-state index in [1.54, 1.807) is 0 Å². The van der Waals surface area contributed by atoms with E-state index in [9.17, 15) is 4.79 Å². The van der Waals surface area contributed by atoms with Gasteiger partial charge in [0.2, 0.25) is 0 Å². The van der Waals surface area contributed by atoms with E-state index in [1.165, 1.54) is 12.7 Å². The highest BCUT2D eigenvalue weighted by atomic mass is 16.5. The van der Waals surface area contributed by atoms with Gasteiger partial charge in [-0.3, -0.25) is 4.79 Å². The Morgan fingerprint density at radius 2 is 1.94 bits per heavy atom. The summed E-state index contributed by atoms with van der Waals surface area (Å²) in [5.74, 6) is 0.663. The van der Waals surface area contributed by atoms with Gasteiger partial charge in [-0.05, 0) is 23.1 Å². The molecule has 0 heterocycles. The number of methoxy groups -OCH3 is 1. The molecule has 17 heavy (non-hydrogen) atoms. The molecule has 0 unspecified atom stereocenters. The highest BCUT2D eigenvalue weighted by molar-refractivity contribution is 5.81. The Bertz CT molecular complexity index is 377. The van der Waals surface area contributed by atoms with Crippen LogP contribution in [-0.4, -0.2) is 26.1 Å². The maximum Gasteiger partial charge on any atom is 0.195 e.